The Morgan fingerprint density at radius 2 is 2.00 bits per heavy atom. The molecule has 0 spiro atoms. The van der Waals surface area contributed by atoms with Gasteiger partial charge in [-0.25, -0.2) is 17.9 Å². The molecule has 0 atom stereocenters. The molecule has 4 aromatic heterocycles. The molecule has 0 unspecified atom stereocenters. The maximum atomic E-state index is 12.7. The summed E-state index contributed by atoms with van der Waals surface area (Å²) in [6.45, 7) is 2.26. The molecule has 0 aliphatic heterocycles. The fourth-order valence-corrected chi connectivity index (χ4v) is 6.71. The highest BCUT2D eigenvalue weighted by Crippen LogP contribution is 2.28. The second-order valence-corrected chi connectivity index (χ2v) is 11.6. The molecule has 2 N–H and O–H groups in total. The van der Waals surface area contributed by atoms with Gasteiger partial charge in [0.1, 0.15) is 0 Å². The number of sulfonamides is 1. The van der Waals surface area contributed by atoms with Gasteiger partial charge in [-0.05, 0) is 49.1 Å². The first-order chi connectivity index (χ1) is 16.9. The smallest absolute Gasteiger partial charge is 0.280 e. The lowest BCUT2D eigenvalue weighted by Crippen LogP contribution is -2.26. The van der Waals surface area contributed by atoms with Gasteiger partial charge in [0.2, 0.25) is 10.0 Å². The minimum Gasteiger partial charge on any atom is -0.344 e. The molecule has 9 nitrogen and oxygen atoms in total. The molecule has 1 amide bonds. The van der Waals surface area contributed by atoms with E-state index < -0.39 is 10.0 Å². The summed E-state index contributed by atoms with van der Waals surface area (Å²) in [6, 6.07) is 7.37. The number of pyridine rings is 1. The predicted molar refractivity (Wildman–Crippen MR) is 136 cm³/mol. The van der Waals surface area contributed by atoms with Crippen molar-refractivity contribution in [3.8, 4) is 10.4 Å². The number of thiazole rings is 1. The van der Waals surface area contributed by atoms with Crippen LogP contribution in [0.15, 0.2) is 49.1 Å². The maximum Gasteiger partial charge on any atom is 0.280 e. The van der Waals surface area contributed by atoms with E-state index in [0.29, 0.717) is 29.2 Å². The third kappa shape index (κ3) is 5.06. The van der Waals surface area contributed by atoms with E-state index in [1.54, 1.807) is 24.5 Å². The summed E-state index contributed by atoms with van der Waals surface area (Å²) < 4.78 is 29.6. The first-order valence-electron chi connectivity index (χ1n) is 11.6. The molecule has 4 heterocycles. The van der Waals surface area contributed by atoms with Crippen molar-refractivity contribution >= 4 is 38.5 Å². The summed E-state index contributed by atoms with van der Waals surface area (Å²) in [5, 5.41) is 7.26. The first kappa shape index (κ1) is 23.4. The molecule has 1 saturated carbocycles. The van der Waals surface area contributed by atoms with Gasteiger partial charge in [-0.15, -0.1) is 11.3 Å². The second-order valence-electron chi connectivity index (χ2n) is 8.57. The van der Waals surface area contributed by atoms with Crippen LogP contribution in [0.5, 0.6) is 0 Å². The van der Waals surface area contributed by atoms with Gasteiger partial charge in [-0.1, -0.05) is 19.8 Å². The molecule has 0 bridgehead atoms. The Hall–Kier alpha value is -3.31. The number of nitrogens with zero attached hydrogens (tertiary/aromatic N) is 4. The lowest BCUT2D eigenvalue weighted by molar-refractivity contribution is 0.0950. The van der Waals surface area contributed by atoms with Crippen molar-refractivity contribution in [3.63, 3.8) is 0 Å². The summed E-state index contributed by atoms with van der Waals surface area (Å²) in [5.74, 6) is -0.314. The van der Waals surface area contributed by atoms with E-state index in [1.165, 1.54) is 23.1 Å². The highest BCUT2D eigenvalue weighted by atomic mass is 32.2. The Bertz CT molecular complexity index is 1470. The quantitative estimate of drug-likeness (QED) is 0.369. The Labute approximate surface area is 207 Å². The van der Waals surface area contributed by atoms with Crippen molar-refractivity contribution in [2.24, 2.45) is 0 Å². The van der Waals surface area contributed by atoms with Gasteiger partial charge in [0.25, 0.3) is 5.91 Å². The van der Waals surface area contributed by atoms with Crippen molar-refractivity contribution in [1.29, 1.82) is 0 Å². The van der Waals surface area contributed by atoms with Crippen LogP contribution < -0.4 is 10.0 Å². The molecule has 35 heavy (non-hydrogen) atoms. The number of aryl methyl sites for hydroxylation is 1. The number of anilines is 1. The van der Waals surface area contributed by atoms with E-state index in [2.05, 4.69) is 44.2 Å². The standard InChI is InChI=1S/C24H26N6O3S2/c1-2-16-8-10-30-21(16)11-17(13-28-30)22-15-27-24(34-22)23(31)26-14-19-12-18(7-9-25-19)29-35(32,33)20-5-3-4-6-20/h7-13,15,20H,2-6,14H2,1H3,(H,25,29)(H,26,31). The third-order valence-corrected chi connectivity index (χ3v) is 9.13. The average Bonchev–Trinajstić information content (AvgIpc) is 3.63. The Morgan fingerprint density at radius 1 is 1.17 bits per heavy atom. The van der Waals surface area contributed by atoms with Crippen LogP contribution in [0.3, 0.4) is 0 Å². The molecule has 1 fully saturated rings. The summed E-state index contributed by atoms with van der Waals surface area (Å²) in [5.41, 5.74) is 4.16. The number of hydrogen-bond donors (Lipinski definition) is 2. The van der Waals surface area contributed by atoms with E-state index in [4.69, 9.17) is 0 Å². The lowest BCUT2D eigenvalue weighted by Gasteiger charge is -2.14. The van der Waals surface area contributed by atoms with E-state index in [-0.39, 0.29) is 17.7 Å². The van der Waals surface area contributed by atoms with Gasteiger partial charge in [0.15, 0.2) is 5.01 Å². The van der Waals surface area contributed by atoms with Crippen LogP contribution in [0.25, 0.3) is 16.0 Å². The minimum absolute atomic E-state index is 0.157. The first-order valence-corrected chi connectivity index (χ1v) is 14.0. The molecule has 1 aliphatic carbocycles. The summed E-state index contributed by atoms with van der Waals surface area (Å²) in [4.78, 5) is 22.1. The minimum atomic E-state index is -3.42. The van der Waals surface area contributed by atoms with Crippen LogP contribution in [0.2, 0.25) is 0 Å². The highest BCUT2D eigenvalue weighted by molar-refractivity contribution is 7.93. The van der Waals surface area contributed by atoms with Gasteiger partial charge in [0, 0.05) is 24.2 Å². The summed E-state index contributed by atoms with van der Waals surface area (Å²) >= 11 is 1.29. The van der Waals surface area contributed by atoms with Crippen LogP contribution >= 0.6 is 11.3 Å². The second kappa shape index (κ2) is 9.74. The summed E-state index contributed by atoms with van der Waals surface area (Å²) in [7, 11) is -3.42. The zero-order chi connectivity index (χ0) is 24.4. The van der Waals surface area contributed by atoms with E-state index >= 15 is 0 Å². The molecule has 5 rings (SSSR count). The van der Waals surface area contributed by atoms with Crippen molar-refractivity contribution in [3.05, 3.63) is 65.3 Å². The van der Waals surface area contributed by atoms with Gasteiger partial charge in [-0.2, -0.15) is 5.10 Å². The number of nitrogens with one attached hydrogen (secondary N) is 2. The van der Waals surface area contributed by atoms with Crippen molar-refractivity contribution in [2.45, 2.75) is 50.8 Å². The van der Waals surface area contributed by atoms with Crippen molar-refractivity contribution in [1.82, 2.24) is 24.9 Å². The maximum absolute atomic E-state index is 12.7. The molecule has 182 valence electrons. The van der Waals surface area contributed by atoms with Gasteiger partial charge >= 0.3 is 0 Å². The normalized spacial score (nSPS) is 14.4. The fourth-order valence-electron chi connectivity index (χ4n) is 4.32. The zero-order valence-corrected chi connectivity index (χ0v) is 20.9. The fraction of sp³-hybridized carbons (Fsp3) is 0.333. The van der Waals surface area contributed by atoms with Crippen LogP contribution in [0.4, 0.5) is 5.69 Å². The van der Waals surface area contributed by atoms with Crippen molar-refractivity contribution in [2.75, 3.05) is 4.72 Å². The topological polar surface area (TPSA) is 118 Å². The molecular weight excluding hydrogens is 484 g/mol. The monoisotopic (exact) mass is 510 g/mol. The molecular formula is C24H26N6O3S2. The zero-order valence-electron chi connectivity index (χ0n) is 19.3. The molecule has 1 aliphatic rings. The van der Waals surface area contributed by atoms with Crippen LogP contribution in [-0.2, 0) is 23.0 Å². The van der Waals surface area contributed by atoms with E-state index in [1.807, 2.05) is 10.7 Å². The van der Waals surface area contributed by atoms with Crippen LogP contribution in [0, 0.1) is 0 Å². The van der Waals surface area contributed by atoms with Crippen LogP contribution in [-0.4, -0.2) is 39.2 Å². The number of amides is 1. The van der Waals surface area contributed by atoms with E-state index in [9.17, 15) is 13.2 Å². The Kier molecular flexibility index (Phi) is 6.52. The largest absolute Gasteiger partial charge is 0.344 e. The molecule has 0 saturated heterocycles. The molecule has 4 aromatic rings. The number of aromatic nitrogens is 4. The van der Waals surface area contributed by atoms with Gasteiger partial charge < -0.3 is 5.32 Å². The number of carbonyl (C=O) groups is 1. The molecule has 0 aromatic carbocycles. The molecule has 0 radical (unpaired) electrons. The number of rotatable bonds is 8. The highest BCUT2D eigenvalue weighted by Gasteiger charge is 2.28. The Balaban J connectivity index is 1.24. The number of carbonyl (C=O) groups excluding carboxylic acids is 1. The van der Waals surface area contributed by atoms with Gasteiger partial charge in [0.05, 0.1) is 39.8 Å². The lowest BCUT2D eigenvalue weighted by atomic mass is 10.2. The predicted octanol–water partition coefficient (Wildman–Crippen LogP) is 4.03. The molecule has 11 heteroatoms. The number of hydrogen-bond acceptors (Lipinski definition) is 7. The SMILES string of the molecule is CCc1ccn2ncc(-c3cnc(C(=O)NCc4cc(NS(=O)(=O)C5CCCC5)ccn4)s3)cc12. The average molecular weight is 511 g/mol. The summed E-state index contributed by atoms with van der Waals surface area (Å²) in [6.07, 6.45) is 11.1. The number of fused-ring (bicyclic) bond motifs is 1. The van der Waals surface area contributed by atoms with Gasteiger partial charge in [-0.3, -0.25) is 14.5 Å². The van der Waals surface area contributed by atoms with E-state index in [0.717, 1.165) is 35.2 Å². The Morgan fingerprint density at radius 3 is 2.80 bits per heavy atom. The van der Waals surface area contributed by atoms with Crippen molar-refractivity contribution < 1.29 is 13.2 Å². The third-order valence-electron chi connectivity index (χ3n) is 6.22. The van der Waals surface area contributed by atoms with Crippen LogP contribution in [0.1, 0.15) is 53.7 Å².